The normalized spacial score (nSPS) is 20.6. The molecule has 1 saturated heterocycles. The molecule has 1 heterocycles. The number of amides is 1. The lowest BCUT2D eigenvalue weighted by molar-refractivity contribution is -0.134. The fourth-order valence-electron chi connectivity index (χ4n) is 2.61. The molecule has 1 aromatic carbocycles. The number of hydrogen-bond donors (Lipinski definition) is 0. The highest BCUT2D eigenvalue weighted by Gasteiger charge is 2.34. The van der Waals surface area contributed by atoms with Crippen molar-refractivity contribution in [1.29, 1.82) is 0 Å². The molecule has 1 amide bonds. The van der Waals surface area contributed by atoms with Crippen molar-refractivity contribution in [3.8, 4) is 0 Å². The summed E-state index contributed by atoms with van der Waals surface area (Å²) < 4.78 is 0. The van der Waals surface area contributed by atoms with Gasteiger partial charge in [0.15, 0.2) is 0 Å². The molecule has 1 saturated carbocycles. The number of benzene rings is 1. The first-order valence-electron chi connectivity index (χ1n) is 6.98. The van der Waals surface area contributed by atoms with Crippen molar-refractivity contribution >= 4 is 17.5 Å². The third kappa shape index (κ3) is 3.28. The van der Waals surface area contributed by atoms with Gasteiger partial charge in [-0.05, 0) is 30.5 Å². The van der Waals surface area contributed by atoms with Crippen LogP contribution in [0.25, 0.3) is 0 Å². The summed E-state index contributed by atoms with van der Waals surface area (Å²) >= 11 is 6.00. The molecule has 1 aliphatic carbocycles. The number of carbonyl (C=O) groups is 1. The molecular formula is C15H19ClN2O. The number of hydrogen-bond acceptors (Lipinski definition) is 2. The van der Waals surface area contributed by atoms with Gasteiger partial charge in [0.25, 0.3) is 0 Å². The first-order valence-corrected chi connectivity index (χ1v) is 7.36. The van der Waals surface area contributed by atoms with E-state index in [9.17, 15) is 4.79 Å². The van der Waals surface area contributed by atoms with Crippen LogP contribution < -0.4 is 0 Å². The second-order valence-corrected chi connectivity index (χ2v) is 5.94. The van der Waals surface area contributed by atoms with Gasteiger partial charge in [0.1, 0.15) is 0 Å². The van der Waals surface area contributed by atoms with Crippen LogP contribution in [0, 0.1) is 5.92 Å². The van der Waals surface area contributed by atoms with E-state index in [2.05, 4.69) is 11.0 Å². The zero-order valence-electron chi connectivity index (χ0n) is 11.0. The minimum Gasteiger partial charge on any atom is -0.340 e. The summed E-state index contributed by atoms with van der Waals surface area (Å²) in [5.41, 5.74) is 1.24. The van der Waals surface area contributed by atoms with E-state index in [1.165, 1.54) is 5.56 Å². The summed E-state index contributed by atoms with van der Waals surface area (Å²) in [7, 11) is 0. The van der Waals surface area contributed by atoms with E-state index in [4.69, 9.17) is 11.6 Å². The second-order valence-electron chi connectivity index (χ2n) is 5.51. The van der Waals surface area contributed by atoms with Crippen molar-refractivity contribution in [1.82, 2.24) is 9.80 Å². The zero-order valence-corrected chi connectivity index (χ0v) is 11.8. The summed E-state index contributed by atoms with van der Waals surface area (Å²) in [6.07, 6.45) is 2.20. The van der Waals surface area contributed by atoms with Crippen LogP contribution in [0.15, 0.2) is 24.3 Å². The molecule has 3 rings (SSSR count). The van der Waals surface area contributed by atoms with Gasteiger partial charge in [0, 0.05) is 43.7 Å². The Morgan fingerprint density at radius 2 is 1.95 bits per heavy atom. The van der Waals surface area contributed by atoms with Crippen LogP contribution in [-0.2, 0) is 11.3 Å². The Kier molecular flexibility index (Phi) is 3.76. The third-order valence-electron chi connectivity index (χ3n) is 3.91. The summed E-state index contributed by atoms with van der Waals surface area (Å²) in [6, 6.07) is 8.01. The molecular weight excluding hydrogens is 260 g/mol. The van der Waals surface area contributed by atoms with E-state index in [-0.39, 0.29) is 0 Å². The monoisotopic (exact) mass is 278 g/mol. The van der Waals surface area contributed by atoms with Gasteiger partial charge in [0.2, 0.25) is 5.91 Å². The minimum absolute atomic E-state index is 0.347. The lowest BCUT2D eigenvalue weighted by Gasteiger charge is -2.34. The molecule has 102 valence electrons. The fraction of sp³-hybridized carbons (Fsp3) is 0.533. The van der Waals surface area contributed by atoms with Gasteiger partial charge in [-0.2, -0.15) is 0 Å². The SMILES string of the molecule is O=C(C1CC1)N1CCN(Cc2cccc(Cl)c2)CC1. The van der Waals surface area contributed by atoms with Gasteiger partial charge in [-0.3, -0.25) is 9.69 Å². The van der Waals surface area contributed by atoms with Crippen molar-refractivity contribution in [2.75, 3.05) is 26.2 Å². The number of carbonyl (C=O) groups excluding carboxylic acids is 1. The maximum absolute atomic E-state index is 12.0. The summed E-state index contributed by atoms with van der Waals surface area (Å²) in [4.78, 5) is 16.4. The van der Waals surface area contributed by atoms with Crippen LogP contribution in [0.1, 0.15) is 18.4 Å². The lowest BCUT2D eigenvalue weighted by Crippen LogP contribution is -2.48. The van der Waals surface area contributed by atoms with Crippen LogP contribution in [0.3, 0.4) is 0 Å². The van der Waals surface area contributed by atoms with Crippen molar-refractivity contribution in [3.63, 3.8) is 0 Å². The molecule has 0 unspecified atom stereocenters. The van der Waals surface area contributed by atoms with Crippen molar-refractivity contribution in [2.24, 2.45) is 5.92 Å². The van der Waals surface area contributed by atoms with E-state index < -0.39 is 0 Å². The van der Waals surface area contributed by atoms with Crippen LogP contribution in [0.4, 0.5) is 0 Å². The second kappa shape index (κ2) is 5.51. The van der Waals surface area contributed by atoms with Crippen molar-refractivity contribution in [3.05, 3.63) is 34.9 Å². The average Bonchev–Trinajstić information content (AvgIpc) is 3.23. The Balaban J connectivity index is 1.51. The maximum Gasteiger partial charge on any atom is 0.225 e. The quantitative estimate of drug-likeness (QED) is 0.848. The van der Waals surface area contributed by atoms with E-state index >= 15 is 0 Å². The highest BCUT2D eigenvalue weighted by Crippen LogP contribution is 2.31. The summed E-state index contributed by atoms with van der Waals surface area (Å²) in [6.45, 7) is 4.59. The molecule has 2 aliphatic rings. The van der Waals surface area contributed by atoms with Crippen LogP contribution in [0.5, 0.6) is 0 Å². The Labute approximate surface area is 119 Å². The Morgan fingerprint density at radius 1 is 1.21 bits per heavy atom. The smallest absolute Gasteiger partial charge is 0.225 e. The number of nitrogens with zero attached hydrogens (tertiary/aromatic N) is 2. The fourth-order valence-corrected chi connectivity index (χ4v) is 2.82. The lowest BCUT2D eigenvalue weighted by atomic mass is 10.2. The molecule has 1 aromatic rings. The molecule has 0 spiro atoms. The van der Waals surface area contributed by atoms with Gasteiger partial charge in [-0.1, -0.05) is 23.7 Å². The highest BCUT2D eigenvalue weighted by atomic mass is 35.5. The zero-order chi connectivity index (χ0) is 13.2. The largest absolute Gasteiger partial charge is 0.340 e. The average molecular weight is 279 g/mol. The minimum atomic E-state index is 0.347. The van der Waals surface area contributed by atoms with Crippen LogP contribution >= 0.6 is 11.6 Å². The highest BCUT2D eigenvalue weighted by molar-refractivity contribution is 6.30. The van der Waals surface area contributed by atoms with Gasteiger partial charge < -0.3 is 4.90 Å². The van der Waals surface area contributed by atoms with Gasteiger partial charge in [-0.25, -0.2) is 0 Å². The van der Waals surface area contributed by atoms with Gasteiger partial charge in [-0.15, -0.1) is 0 Å². The Bertz CT molecular complexity index is 465. The van der Waals surface area contributed by atoms with Crippen LogP contribution in [-0.4, -0.2) is 41.9 Å². The van der Waals surface area contributed by atoms with E-state index in [1.807, 2.05) is 23.1 Å². The molecule has 1 aliphatic heterocycles. The maximum atomic E-state index is 12.0. The Morgan fingerprint density at radius 3 is 2.58 bits per heavy atom. The molecule has 0 aromatic heterocycles. The van der Waals surface area contributed by atoms with E-state index in [0.717, 1.165) is 50.6 Å². The van der Waals surface area contributed by atoms with E-state index in [0.29, 0.717) is 11.8 Å². The molecule has 0 N–H and O–H groups in total. The van der Waals surface area contributed by atoms with Crippen molar-refractivity contribution in [2.45, 2.75) is 19.4 Å². The first kappa shape index (κ1) is 12.9. The number of halogens is 1. The predicted octanol–water partition coefficient (Wildman–Crippen LogP) is 2.39. The van der Waals surface area contributed by atoms with Crippen LogP contribution in [0.2, 0.25) is 5.02 Å². The third-order valence-corrected chi connectivity index (χ3v) is 4.14. The predicted molar refractivity (Wildman–Crippen MR) is 76.0 cm³/mol. The molecule has 0 radical (unpaired) electrons. The van der Waals surface area contributed by atoms with Crippen molar-refractivity contribution < 1.29 is 4.79 Å². The van der Waals surface area contributed by atoms with Gasteiger partial charge in [0.05, 0.1) is 0 Å². The van der Waals surface area contributed by atoms with Gasteiger partial charge >= 0.3 is 0 Å². The Hall–Kier alpha value is -1.06. The summed E-state index contributed by atoms with van der Waals surface area (Å²) in [5.74, 6) is 0.724. The number of piperazine rings is 1. The molecule has 2 fully saturated rings. The molecule has 0 bridgehead atoms. The number of rotatable bonds is 3. The molecule has 3 nitrogen and oxygen atoms in total. The first-order chi connectivity index (χ1) is 9.22. The van der Waals surface area contributed by atoms with E-state index in [1.54, 1.807) is 0 Å². The topological polar surface area (TPSA) is 23.6 Å². The molecule has 0 atom stereocenters. The standard InChI is InChI=1S/C15H19ClN2O/c16-14-3-1-2-12(10-14)11-17-6-8-18(9-7-17)15(19)13-4-5-13/h1-3,10,13H,4-9,11H2. The summed E-state index contributed by atoms with van der Waals surface area (Å²) in [5, 5.41) is 0.792. The molecule has 19 heavy (non-hydrogen) atoms. The molecule has 4 heteroatoms.